The van der Waals surface area contributed by atoms with Gasteiger partial charge in [-0.2, -0.15) is 0 Å². The Balaban J connectivity index is 1.96. The zero-order chi connectivity index (χ0) is 17.2. The van der Waals surface area contributed by atoms with Gasteiger partial charge >= 0.3 is 5.97 Å². The van der Waals surface area contributed by atoms with Gasteiger partial charge in [-0.25, -0.2) is 4.79 Å². The maximum absolute atomic E-state index is 12.2. The summed E-state index contributed by atoms with van der Waals surface area (Å²) < 4.78 is 35.0. The quantitative estimate of drug-likeness (QED) is 0.604. The van der Waals surface area contributed by atoms with E-state index in [-0.39, 0.29) is 10.6 Å². The van der Waals surface area contributed by atoms with Crippen LogP contribution < -0.4 is 0 Å². The first-order valence-electron chi connectivity index (χ1n) is 7.74. The summed E-state index contributed by atoms with van der Waals surface area (Å²) in [7, 11) is 0. The van der Waals surface area contributed by atoms with E-state index >= 15 is 0 Å². The molecule has 0 aromatic carbocycles. The highest BCUT2D eigenvalue weighted by atomic mass is 32.2. The number of nitrogens with zero attached hydrogens (tertiary/aromatic N) is 1. The largest absolute Gasteiger partial charge is 0.477 e. The van der Waals surface area contributed by atoms with Gasteiger partial charge in [-0.1, -0.05) is 11.8 Å². The summed E-state index contributed by atoms with van der Waals surface area (Å²) in [4.78, 5) is 36.9. The number of rotatable bonds is 3. The fraction of sp³-hybridized carbons (Fsp3) is 0.583. The predicted octanol–water partition coefficient (Wildman–Crippen LogP) is 0.582. The summed E-state index contributed by atoms with van der Waals surface area (Å²) in [5.74, 6) is -6.44. The van der Waals surface area contributed by atoms with E-state index in [4.69, 9.17) is 10.2 Å². The Labute approximate surface area is 119 Å². The molecule has 0 spiro atoms. The van der Waals surface area contributed by atoms with Crippen molar-refractivity contribution in [2.75, 3.05) is 6.61 Å². The van der Waals surface area contributed by atoms with Gasteiger partial charge in [0.2, 0.25) is 5.91 Å². The molecule has 0 aromatic rings. The smallest absolute Gasteiger partial charge is 0.353 e. The summed E-state index contributed by atoms with van der Waals surface area (Å²) in [6.07, 6.45) is 0.809. The molecule has 0 aliphatic carbocycles. The number of Topliss-reactive ketones (excluding diaryl/α,β-unsaturated/α-hetero) is 1. The molecule has 3 rings (SSSR count). The van der Waals surface area contributed by atoms with E-state index < -0.39 is 41.9 Å². The fourth-order valence-corrected chi connectivity index (χ4v) is 3.97. The highest BCUT2D eigenvalue weighted by molar-refractivity contribution is 8.04. The first-order valence-corrected chi connectivity index (χ1v) is 6.62. The van der Waals surface area contributed by atoms with E-state index in [9.17, 15) is 19.5 Å². The molecule has 0 saturated carbocycles. The van der Waals surface area contributed by atoms with Crippen LogP contribution in [0.5, 0.6) is 0 Å². The molecular formula is C12H13NO5S. The summed E-state index contributed by atoms with van der Waals surface area (Å²) in [5.41, 5.74) is -0.307. The lowest BCUT2D eigenvalue weighted by molar-refractivity contribution is -0.155. The molecule has 3 aliphatic rings. The van der Waals surface area contributed by atoms with Gasteiger partial charge in [0.25, 0.3) is 0 Å². The van der Waals surface area contributed by atoms with Gasteiger partial charge in [0.05, 0.1) is 7.47 Å². The molecule has 2 fully saturated rings. The van der Waals surface area contributed by atoms with Crippen LogP contribution in [0.3, 0.4) is 0 Å². The van der Waals surface area contributed by atoms with Crippen molar-refractivity contribution in [3.05, 3.63) is 10.6 Å². The van der Waals surface area contributed by atoms with Crippen molar-refractivity contribution in [1.82, 2.24) is 4.90 Å². The summed E-state index contributed by atoms with van der Waals surface area (Å²) in [6.45, 7) is -2.64. The van der Waals surface area contributed by atoms with Crippen LogP contribution >= 0.6 is 11.8 Å². The fourth-order valence-electron chi connectivity index (χ4n) is 2.46. The van der Waals surface area contributed by atoms with E-state index in [0.29, 0.717) is 13.0 Å². The third kappa shape index (κ3) is 1.72. The average Bonchev–Trinajstić information content (AvgIpc) is 3.09. The molecule has 3 heterocycles. The number of carbonyl (C=O) groups is 3. The molecule has 0 radical (unpaired) electrons. The van der Waals surface area contributed by atoms with Crippen molar-refractivity contribution in [2.24, 2.45) is 5.89 Å². The molecule has 102 valence electrons. The van der Waals surface area contributed by atoms with Crippen molar-refractivity contribution in [3.63, 3.8) is 0 Å². The van der Waals surface area contributed by atoms with Crippen molar-refractivity contribution in [1.29, 1.82) is 0 Å². The lowest BCUT2D eigenvalue weighted by Crippen LogP contribution is -2.59. The van der Waals surface area contributed by atoms with Gasteiger partial charge in [-0.05, 0) is 19.7 Å². The Kier molecular flexibility index (Phi) is 2.00. The van der Waals surface area contributed by atoms with Crippen LogP contribution in [0.25, 0.3) is 0 Å². The van der Waals surface area contributed by atoms with Crippen molar-refractivity contribution in [2.45, 2.75) is 31.2 Å². The Bertz CT molecular complexity index is 642. The molecule has 0 unspecified atom stereocenters. The molecular weight excluding hydrogens is 270 g/mol. The van der Waals surface area contributed by atoms with E-state index in [1.807, 2.05) is 0 Å². The number of carboxylic acid groups (broad SMARTS) is 1. The summed E-state index contributed by atoms with van der Waals surface area (Å²) in [5, 5.41) is 8.20. The third-order valence-corrected chi connectivity index (χ3v) is 4.69. The normalized spacial score (nSPS) is 41.1. The zero-order valence-corrected chi connectivity index (χ0v) is 10.5. The maximum Gasteiger partial charge on any atom is 0.353 e. The molecule has 19 heavy (non-hydrogen) atoms. The van der Waals surface area contributed by atoms with Crippen LogP contribution in [0.2, 0.25) is 0 Å². The zero-order valence-electron chi connectivity index (χ0n) is 13.7. The Hall–Kier alpha value is -1.34. The minimum Gasteiger partial charge on any atom is -0.477 e. The molecule has 0 bridgehead atoms. The van der Waals surface area contributed by atoms with Gasteiger partial charge in [0.15, 0.2) is 0 Å². The Morgan fingerprint density at radius 3 is 3.00 bits per heavy atom. The number of carbonyl (C=O) groups excluding carboxylic acids is 2. The Morgan fingerprint density at radius 1 is 1.63 bits per heavy atom. The van der Waals surface area contributed by atoms with Gasteiger partial charge in [0.1, 0.15) is 22.7 Å². The van der Waals surface area contributed by atoms with Crippen molar-refractivity contribution >= 4 is 29.4 Å². The second-order valence-electron chi connectivity index (χ2n) is 4.41. The number of fused-ring (bicyclic) bond motifs is 1. The van der Waals surface area contributed by atoms with E-state index in [1.165, 1.54) is 0 Å². The average molecular weight is 287 g/mol. The molecule has 2 saturated heterocycles. The van der Waals surface area contributed by atoms with Crippen molar-refractivity contribution in [3.8, 4) is 0 Å². The molecule has 1 N–H and O–H groups in total. The number of amides is 1. The number of ketones is 1. The molecule has 6 nitrogen and oxygen atoms in total. The number of hydrogen-bond donors (Lipinski definition) is 1. The van der Waals surface area contributed by atoms with Crippen LogP contribution in [-0.2, 0) is 19.1 Å². The second kappa shape index (κ2) is 4.35. The van der Waals surface area contributed by atoms with Gasteiger partial charge < -0.3 is 9.84 Å². The minimum atomic E-state index is -3.10. The highest BCUT2D eigenvalue weighted by Crippen LogP contribution is 2.51. The van der Waals surface area contributed by atoms with Gasteiger partial charge in [-0.15, -0.1) is 0 Å². The van der Waals surface area contributed by atoms with Crippen LogP contribution in [0, 0.1) is 5.89 Å². The number of ether oxygens (including phenoxy) is 1. The van der Waals surface area contributed by atoms with E-state index in [0.717, 1.165) is 23.1 Å². The van der Waals surface area contributed by atoms with Crippen LogP contribution in [-0.4, -0.2) is 45.8 Å². The minimum absolute atomic E-state index is 0.279. The summed E-state index contributed by atoms with van der Waals surface area (Å²) in [6, 6.07) is 0. The highest BCUT2D eigenvalue weighted by Gasteiger charge is 2.58. The first kappa shape index (κ1) is 8.76. The third-order valence-electron chi connectivity index (χ3n) is 3.31. The SMILES string of the molecule is [2H]C([2H])([2H])C(=O)[C@@]1([2H])C(=O)N2C(C(=O)O)=C([C@H]3CCCO3)S[C@@H]21. The molecule has 3 aliphatic heterocycles. The number of β-lactam (4-membered cyclic amide) rings is 1. The molecule has 0 aromatic heterocycles. The molecule has 7 heteroatoms. The van der Waals surface area contributed by atoms with Crippen molar-refractivity contribution < 1.29 is 29.7 Å². The van der Waals surface area contributed by atoms with Crippen LogP contribution in [0.1, 0.15) is 25.2 Å². The van der Waals surface area contributed by atoms with E-state index in [2.05, 4.69) is 0 Å². The topological polar surface area (TPSA) is 83.9 Å². The predicted molar refractivity (Wildman–Crippen MR) is 66.0 cm³/mol. The van der Waals surface area contributed by atoms with Crippen LogP contribution in [0.15, 0.2) is 10.6 Å². The van der Waals surface area contributed by atoms with Crippen LogP contribution in [0.4, 0.5) is 0 Å². The lowest BCUT2D eigenvalue weighted by atomic mass is 9.93. The maximum atomic E-state index is 12.2. The summed E-state index contributed by atoms with van der Waals surface area (Å²) >= 11 is 0.870. The standard InChI is InChI=1S/C12H13NO5S/c1-5(14)7-10(15)13-8(12(16)17)9(19-11(7)13)6-3-2-4-18-6/h6-7,11H,2-4H2,1H3,(H,16,17)/t6-,7+,11-/m1/s1/i1D3,7D. The molecule has 1 amide bonds. The monoisotopic (exact) mass is 287 g/mol. The van der Waals surface area contributed by atoms with Gasteiger partial charge in [0, 0.05) is 15.6 Å². The number of thioether (sulfide) groups is 1. The van der Waals surface area contributed by atoms with Gasteiger partial charge in [-0.3, -0.25) is 14.5 Å². The lowest BCUT2D eigenvalue weighted by Gasteiger charge is -2.40. The number of aliphatic carboxylic acids is 1. The second-order valence-corrected chi connectivity index (χ2v) is 5.53. The Morgan fingerprint density at radius 2 is 2.42 bits per heavy atom. The number of carboxylic acids is 1. The van der Waals surface area contributed by atoms with E-state index in [1.54, 1.807) is 0 Å². The molecule has 3 atom stereocenters. The first-order chi connectivity index (χ1) is 10.6. The number of hydrogen-bond acceptors (Lipinski definition) is 5.